The summed E-state index contributed by atoms with van der Waals surface area (Å²) in [5.74, 6) is 1.42. The van der Waals surface area contributed by atoms with E-state index in [9.17, 15) is 5.11 Å². The van der Waals surface area contributed by atoms with E-state index < -0.39 is 0 Å². The van der Waals surface area contributed by atoms with Crippen LogP contribution in [0.2, 0.25) is 0 Å². The highest BCUT2D eigenvalue weighted by Crippen LogP contribution is 2.40. The molecule has 2 aliphatic rings. The molecule has 1 nitrogen and oxygen atoms in total. The van der Waals surface area contributed by atoms with Crippen LogP contribution in [0.25, 0.3) is 0 Å². The molecule has 0 heterocycles. The predicted octanol–water partition coefficient (Wildman–Crippen LogP) is 3.90. The lowest BCUT2D eigenvalue weighted by atomic mass is 9.72. The number of hydrogen-bond donors (Lipinski definition) is 1. The smallest absolute Gasteiger partial charge is 0.0650 e. The Balaban J connectivity index is 1.86. The summed E-state index contributed by atoms with van der Waals surface area (Å²) in [5.41, 5.74) is -0.366. The molecule has 0 saturated heterocycles. The maximum absolute atomic E-state index is 10.6. The van der Waals surface area contributed by atoms with Gasteiger partial charge in [-0.25, -0.2) is 0 Å². The van der Waals surface area contributed by atoms with E-state index in [4.69, 9.17) is 0 Å². The van der Waals surface area contributed by atoms with Gasteiger partial charge in [-0.15, -0.1) is 0 Å². The Morgan fingerprint density at radius 1 is 0.933 bits per heavy atom. The molecule has 1 heteroatoms. The fourth-order valence-corrected chi connectivity index (χ4v) is 3.35. The van der Waals surface area contributed by atoms with E-state index in [1.807, 2.05) is 0 Å². The lowest BCUT2D eigenvalue weighted by Crippen LogP contribution is -2.38. The Labute approximate surface area is 94.3 Å². The first-order chi connectivity index (χ1) is 7.18. The molecule has 0 spiro atoms. The molecule has 1 unspecified atom stereocenters. The van der Waals surface area contributed by atoms with Gasteiger partial charge in [-0.05, 0) is 38.0 Å². The first-order valence-corrected chi connectivity index (χ1v) is 6.91. The van der Waals surface area contributed by atoms with Gasteiger partial charge in [0.15, 0.2) is 0 Å². The molecule has 2 fully saturated rings. The normalized spacial score (nSPS) is 29.2. The predicted molar refractivity (Wildman–Crippen MR) is 63.8 cm³/mol. The Morgan fingerprint density at radius 2 is 1.53 bits per heavy atom. The van der Waals surface area contributed by atoms with E-state index in [0.29, 0.717) is 5.92 Å². The molecule has 0 aliphatic heterocycles. The first kappa shape index (κ1) is 11.4. The van der Waals surface area contributed by atoms with Crippen molar-refractivity contribution in [1.29, 1.82) is 0 Å². The molecule has 15 heavy (non-hydrogen) atoms. The number of rotatable bonds is 3. The number of aliphatic hydroxyl groups is 1. The fraction of sp³-hybridized carbons (Fsp3) is 1.00. The Bertz CT molecular complexity index is 186. The maximum atomic E-state index is 10.6. The van der Waals surface area contributed by atoms with Crippen LogP contribution in [-0.2, 0) is 0 Å². The summed E-state index contributed by atoms with van der Waals surface area (Å²) >= 11 is 0. The molecule has 1 atom stereocenters. The molecule has 1 N–H and O–H groups in total. The number of hydrogen-bond acceptors (Lipinski definition) is 1. The van der Waals surface area contributed by atoms with E-state index in [2.05, 4.69) is 6.92 Å². The molecular formula is C14H26O. The second-order valence-corrected chi connectivity index (χ2v) is 6.05. The molecule has 2 saturated carbocycles. The van der Waals surface area contributed by atoms with Crippen LogP contribution >= 0.6 is 0 Å². The molecular weight excluding hydrogens is 184 g/mol. The SMILES string of the molecule is CC(O)(CC1CCC1)C1CCCCCC1. The minimum Gasteiger partial charge on any atom is -0.390 e. The van der Waals surface area contributed by atoms with Crippen LogP contribution < -0.4 is 0 Å². The van der Waals surface area contributed by atoms with Gasteiger partial charge >= 0.3 is 0 Å². The summed E-state index contributed by atoms with van der Waals surface area (Å²) in [4.78, 5) is 0. The molecule has 0 radical (unpaired) electrons. The second-order valence-electron chi connectivity index (χ2n) is 6.05. The lowest BCUT2D eigenvalue weighted by Gasteiger charge is -2.38. The van der Waals surface area contributed by atoms with Gasteiger partial charge < -0.3 is 5.11 Å². The maximum Gasteiger partial charge on any atom is 0.0650 e. The van der Waals surface area contributed by atoms with E-state index in [-0.39, 0.29) is 5.60 Å². The topological polar surface area (TPSA) is 20.2 Å². The summed E-state index contributed by atoms with van der Waals surface area (Å²) in [5, 5.41) is 10.6. The van der Waals surface area contributed by atoms with E-state index in [1.54, 1.807) is 0 Å². The van der Waals surface area contributed by atoms with Crippen molar-refractivity contribution in [3.63, 3.8) is 0 Å². The van der Waals surface area contributed by atoms with E-state index >= 15 is 0 Å². The quantitative estimate of drug-likeness (QED) is 0.700. The standard InChI is InChI=1S/C14H26O/c1-14(15,11-12-7-6-8-12)13-9-4-2-3-5-10-13/h12-13,15H,2-11H2,1H3. The van der Waals surface area contributed by atoms with Crippen molar-refractivity contribution < 1.29 is 5.11 Å². The van der Waals surface area contributed by atoms with Gasteiger partial charge in [0.05, 0.1) is 5.60 Å². The molecule has 0 amide bonds. The van der Waals surface area contributed by atoms with Crippen molar-refractivity contribution >= 4 is 0 Å². The van der Waals surface area contributed by atoms with Crippen molar-refractivity contribution in [3.05, 3.63) is 0 Å². The third-order valence-corrected chi connectivity index (χ3v) is 4.66. The highest BCUT2D eigenvalue weighted by atomic mass is 16.3. The van der Waals surface area contributed by atoms with E-state index in [0.717, 1.165) is 12.3 Å². The van der Waals surface area contributed by atoms with Gasteiger partial charge in [0, 0.05) is 0 Å². The van der Waals surface area contributed by atoms with Gasteiger partial charge in [0.1, 0.15) is 0 Å². The van der Waals surface area contributed by atoms with Crippen LogP contribution in [0.1, 0.15) is 71.1 Å². The summed E-state index contributed by atoms with van der Waals surface area (Å²) < 4.78 is 0. The van der Waals surface area contributed by atoms with Crippen molar-refractivity contribution in [3.8, 4) is 0 Å². The van der Waals surface area contributed by atoms with Crippen LogP contribution in [0, 0.1) is 11.8 Å². The molecule has 0 aromatic rings. The average molecular weight is 210 g/mol. The molecule has 0 bridgehead atoms. The van der Waals surface area contributed by atoms with Crippen molar-refractivity contribution in [2.45, 2.75) is 76.7 Å². The van der Waals surface area contributed by atoms with Crippen molar-refractivity contribution in [1.82, 2.24) is 0 Å². The zero-order valence-corrected chi connectivity index (χ0v) is 10.2. The van der Waals surface area contributed by atoms with E-state index in [1.165, 1.54) is 57.8 Å². The molecule has 2 rings (SSSR count). The van der Waals surface area contributed by atoms with Crippen LogP contribution in [0.4, 0.5) is 0 Å². The third kappa shape index (κ3) is 2.96. The van der Waals surface area contributed by atoms with Crippen molar-refractivity contribution in [2.24, 2.45) is 11.8 Å². The summed E-state index contributed by atoms with van der Waals surface area (Å²) in [6.07, 6.45) is 13.2. The minimum absolute atomic E-state index is 0.366. The van der Waals surface area contributed by atoms with Gasteiger partial charge in [0.25, 0.3) is 0 Å². The first-order valence-electron chi connectivity index (χ1n) is 6.91. The molecule has 0 aromatic carbocycles. The van der Waals surface area contributed by atoms with Crippen LogP contribution in [0.15, 0.2) is 0 Å². The van der Waals surface area contributed by atoms with Gasteiger partial charge in [-0.2, -0.15) is 0 Å². The highest BCUT2D eigenvalue weighted by molar-refractivity contribution is 4.87. The van der Waals surface area contributed by atoms with Crippen LogP contribution in [-0.4, -0.2) is 10.7 Å². The van der Waals surface area contributed by atoms with Crippen LogP contribution in [0.5, 0.6) is 0 Å². The lowest BCUT2D eigenvalue weighted by molar-refractivity contribution is -0.0373. The summed E-state index contributed by atoms with van der Waals surface area (Å²) in [6, 6.07) is 0. The molecule has 88 valence electrons. The minimum atomic E-state index is -0.366. The zero-order chi connectivity index (χ0) is 10.7. The monoisotopic (exact) mass is 210 g/mol. The summed E-state index contributed by atoms with van der Waals surface area (Å²) in [7, 11) is 0. The van der Waals surface area contributed by atoms with Crippen molar-refractivity contribution in [2.75, 3.05) is 0 Å². The second kappa shape index (κ2) is 4.86. The Hall–Kier alpha value is -0.0400. The Kier molecular flexibility index (Phi) is 3.71. The summed E-state index contributed by atoms with van der Waals surface area (Å²) in [6.45, 7) is 2.10. The third-order valence-electron chi connectivity index (χ3n) is 4.66. The molecule has 2 aliphatic carbocycles. The molecule has 0 aromatic heterocycles. The van der Waals surface area contributed by atoms with Crippen LogP contribution in [0.3, 0.4) is 0 Å². The average Bonchev–Trinajstić information content (AvgIpc) is 2.40. The fourth-order valence-electron chi connectivity index (χ4n) is 3.35. The Morgan fingerprint density at radius 3 is 2.00 bits per heavy atom. The highest BCUT2D eigenvalue weighted by Gasteiger charge is 2.35. The largest absolute Gasteiger partial charge is 0.390 e. The van der Waals surface area contributed by atoms with Gasteiger partial charge in [-0.3, -0.25) is 0 Å². The van der Waals surface area contributed by atoms with Gasteiger partial charge in [0.2, 0.25) is 0 Å². The van der Waals surface area contributed by atoms with Gasteiger partial charge in [-0.1, -0.05) is 44.9 Å². The zero-order valence-electron chi connectivity index (χ0n) is 10.2.